The van der Waals surface area contributed by atoms with Crippen LogP contribution >= 0.6 is 0 Å². The number of rotatable bonds is 5. The molecule has 0 aliphatic carbocycles. The summed E-state index contributed by atoms with van der Waals surface area (Å²) in [4.78, 5) is 0. The second kappa shape index (κ2) is 6.02. The van der Waals surface area contributed by atoms with E-state index in [9.17, 15) is 4.39 Å². The molecule has 2 nitrogen and oxygen atoms in total. The Morgan fingerprint density at radius 2 is 2.00 bits per heavy atom. The van der Waals surface area contributed by atoms with Crippen molar-refractivity contribution in [1.82, 2.24) is 5.32 Å². The molecule has 1 aromatic carbocycles. The van der Waals surface area contributed by atoms with Gasteiger partial charge in [-0.3, -0.25) is 0 Å². The molecule has 19 heavy (non-hydrogen) atoms. The Morgan fingerprint density at radius 3 is 2.58 bits per heavy atom. The number of halogens is 1. The van der Waals surface area contributed by atoms with Crippen molar-refractivity contribution in [2.24, 2.45) is 0 Å². The normalized spacial score (nSPS) is 12.6. The largest absolute Gasteiger partial charge is 0.464 e. The van der Waals surface area contributed by atoms with Crippen molar-refractivity contribution in [2.75, 3.05) is 6.54 Å². The van der Waals surface area contributed by atoms with Crippen LogP contribution in [0.3, 0.4) is 0 Å². The van der Waals surface area contributed by atoms with Crippen LogP contribution in [0.15, 0.2) is 34.7 Å². The number of nitrogens with one attached hydrogen (secondary N) is 1. The molecule has 1 atom stereocenters. The van der Waals surface area contributed by atoms with E-state index in [2.05, 4.69) is 12.2 Å². The number of hydrogen-bond acceptors (Lipinski definition) is 2. The molecule has 0 amide bonds. The zero-order valence-corrected chi connectivity index (χ0v) is 11.7. The topological polar surface area (TPSA) is 25.2 Å². The zero-order valence-electron chi connectivity index (χ0n) is 11.7. The molecule has 2 rings (SSSR count). The van der Waals surface area contributed by atoms with Gasteiger partial charge >= 0.3 is 0 Å². The summed E-state index contributed by atoms with van der Waals surface area (Å²) in [5.74, 6) is 1.52. The van der Waals surface area contributed by atoms with E-state index in [4.69, 9.17) is 4.42 Å². The summed E-state index contributed by atoms with van der Waals surface area (Å²) in [6.45, 7) is 6.65. The van der Waals surface area contributed by atoms with E-state index in [1.807, 2.05) is 25.1 Å². The number of benzene rings is 1. The van der Waals surface area contributed by atoms with Gasteiger partial charge in [0.05, 0.1) is 6.04 Å². The average molecular weight is 261 g/mol. The Kier molecular flexibility index (Phi) is 4.38. The van der Waals surface area contributed by atoms with Gasteiger partial charge in [0.15, 0.2) is 0 Å². The summed E-state index contributed by atoms with van der Waals surface area (Å²) < 4.78 is 19.4. The Labute approximate surface area is 113 Å². The second-order valence-corrected chi connectivity index (χ2v) is 4.84. The molecule has 0 spiro atoms. The Morgan fingerprint density at radius 1 is 1.21 bits per heavy atom. The highest BCUT2D eigenvalue weighted by Crippen LogP contribution is 2.25. The highest BCUT2D eigenvalue weighted by atomic mass is 19.1. The van der Waals surface area contributed by atoms with Crippen molar-refractivity contribution in [2.45, 2.75) is 33.2 Å². The Bertz CT molecular complexity index is 547. The maximum Gasteiger partial charge on any atom is 0.126 e. The molecule has 0 fully saturated rings. The van der Waals surface area contributed by atoms with Crippen molar-refractivity contribution in [3.8, 4) is 0 Å². The first-order valence-corrected chi connectivity index (χ1v) is 6.67. The Balaban J connectivity index is 2.33. The van der Waals surface area contributed by atoms with Gasteiger partial charge in [-0.25, -0.2) is 4.39 Å². The SMILES string of the molecule is CCCNC(c1ccc(C)c(F)c1)c1ccc(C)o1. The fourth-order valence-electron chi connectivity index (χ4n) is 2.07. The third kappa shape index (κ3) is 3.24. The van der Waals surface area contributed by atoms with Crippen LogP contribution in [-0.4, -0.2) is 6.54 Å². The van der Waals surface area contributed by atoms with Gasteiger partial charge in [0.25, 0.3) is 0 Å². The molecule has 0 saturated carbocycles. The smallest absolute Gasteiger partial charge is 0.126 e. The lowest BCUT2D eigenvalue weighted by Crippen LogP contribution is -2.23. The van der Waals surface area contributed by atoms with Crippen LogP contribution in [0.5, 0.6) is 0 Å². The maximum atomic E-state index is 13.7. The second-order valence-electron chi connectivity index (χ2n) is 4.84. The van der Waals surface area contributed by atoms with Crippen LogP contribution in [0.2, 0.25) is 0 Å². The van der Waals surface area contributed by atoms with E-state index >= 15 is 0 Å². The third-order valence-electron chi connectivity index (χ3n) is 3.17. The third-order valence-corrected chi connectivity index (χ3v) is 3.17. The molecule has 1 unspecified atom stereocenters. The van der Waals surface area contributed by atoms with Crippen molar-refractivity contribution in [3.63, 3.8) is 0 Å². The molecule has 0 radical (unpaired) electrons. The minimum atomic E-state index is -0.177. The first-order chi connectivity index (χ1) is 9.11. The molecular weight excluding hydrogens is 241 g/mol. The van der Waals surface area contributed by atoms with Crippen molar-refractivity contribution >= 4 is 0 Å². The molecule has 3 heteroatoms. The summed E-state index contributed by atoms with van der Waals surface area (Å²) >= 11 is 0. The van der Waals surface area contributed by atoms with Gasteiger partial charge in [0, 0.05) is 0 Å². The molecule has 0 saturated heterocycles. The summed E-state index contributed by atoms with van der Waals surface area (Å²) in [6, 6.07) is 9.12. The lowest BCUT2D eigenvalue weighted by Gasteiger charge is -2.17. The van der Waals surface area contributed by atoms with E-state index in [-0.39, 0.29) is 11.9 Å². The quantitative estimate of drug-likeness (QED) is 0.875. The summed E-state index contributed by atoms with van der Waals surface area (Å²) in [6.07, 6.45) is 1.02. The van der Waals surface area contributed by atoms with Crippen LogP contribution < -0.4 is 5.32 Å². The fraction of sp³-hybridized carbons (Fsp3) is 0.375. The van der Waals surface area contributed by atoms with Gasteiger partial charge in [0.2, 0.25) is 0 Å². The van der Waals surface area contributed by atoms with Gasteiger partial charge < -0.3 is 9.73 Å². The van der Waals surface area contributed by atoms with Crippen LogP contribution in [0, 0.1) is 19.7 Å². The predicted octanol–water partition coefficient (Wildman–Crippen LogP) is 4.12. The molecule has 1 aromatic heterocycles. The number of hydrogen-bond donors (Lipinski definition) is 1. The molecule has 0 bridgehead atoms. The van der Waals surface area contributed by atoms with Crippen LogP contribution in [0.25, 0.3) is 0 Å². The van der Waals surface area contributed by atoms with Crippen molar-refractivity contribution in [3.05, 3.63) is 58.8 Å². The lowest BCUT2D eigenvalue weighted by molar-refractivity contribution is 0.429. The minimum Gasteiger partial charge on any atom is -0.464 e. The number of furan rings is 1. The average Bonchev–Trinajstić information content (AvgIpc) is 2.80. The minimum absolute atomic E-state index is 0.0938. The maximum absolute atomic E-state index is 13.7. The van der Waals surface area contributed by atoms with Gasteiger partial charge in [-0.15, -0.1) is 0 Å². The molecule has 1 N–H and O–H groups in total. The van der Waals surface area contributed by atoms with Crippen LogP contribution in [0.1, 0.15) is 42.0 Å². The summed E-state index contributed by atoms with van der Waals surface area (Å²) in [7, 11) is 0. The van der Waals surface area contributed by atoms with E-state index in [1.54, 1.807) is 19.1 Å². The van der Waals surface area contributed by atoms with Gasteiger partial charge in [-0.05, 0) is 56.1 Å². The zero-order chi connectivity index (χ0) is 13.8. The summed E-state index contributed by atoms with van der Waals surface area (Å²) in [5.41, 5.74) is 1.56. The standard InChI is InChI=1S/C16H20FNO/c1-4-9-18-16(15-8-6-12(3)19-15)13-7-5-11(2)14(17)10-13/h5-8,10,16,18H,4,9H2,1-3H3. The highest BCUT2D eigenvalue weighted by molar-refractivity contribution is 5.31. The molecule has 0 aliphatic heterocycles. The molecule has 0 aliphatic rings. The van der Waals surface area contributed by atoms with Gasteiger partial charge in [-0.2, -0.15) is 0 Å². The summed E-state index contributed by atoms with van der Waals surface area (Å²) in [5, 5.41) is 3.40. The predicted molar refractivity (Wildman–Crippen MR) is 74.7 cm³/mol. The van der Waals surface area contributed by atoms with E-state index in [1.165, 1.54) is 0 Å². The molecular formula is C16H20FNO. The van der Waals surface area contributed by atoms with Gasteiger partial charge in [0.1, 0.15) is 17.3 Å². The molecule has 1 heterocycles. The van der Waals surface area contributed by atoms with Crippen molar-refractivity contribution < 1.29 is 8.81 Å². The number of aryl methyl sites for hydroxylation is 2. The van der Waals surface area contributed by atoms with E-state index in [0.717, 1.165) is 30.0 Å². The van der Waals surface area contributed by atoms with Crippen molar-refractivity contribution in [1.29, 1.82) is 0 Å². The molecule has 2 aromatic rings. The van der Waals surface area contributed by atoms with Crippen LogP contribution in [-0.2, 0) is 0 Å². The van der Waals surface area contributed by atoms with E-state index < -0.39 is 0 Å². The van der Waals surface area contributed by atoms with Crippen LogP contribution in [0.4, 0.5) is 4.39 Å². The Hall–Kier alpha value is -1.61. The first-order valence-electron chi connectivity index (χ1n) is 6.67. The lowest BCUT2D eigenvalue weighted by atomic mass is 10.0. The first kappa shape index (κ1) is 13.8. The van der Waals surface area contributed by atoms with Gasteiger partial charge in [-0.1, -0.05) is 19.1 Å². The molecule has 102 valence electrons. The monoisotopic (exact) mass is 261 g/mol. The van der Waals surface area contributed by atoms with E-state index in [0.29, 0.717) is 5.56 Å². The fourth-order valence-corrected chi connectivity index (χ4v) is 2.07. The highest BCUT2D eigenvalue weighted by Gasteiger charge is 2.17.